The average Bonchev–Trinajstić information content (AvgIpc) is 2.41. The Bertz CT molecular complexity index is 462. The number of ether oxygens (including phenoxy) is 2. The summed E-state index contributed by atoms with van der Waals surface area (Å²) in [4.78, 5) is 12.9. The fraction of sp³-hybridized carbons (Fsp3) is 0.462. The minimum Gasteiger partial charge on any atom is -0.504 e. The van der Waals surface area contributed by atoms with Crippen LogP contribution in [-0.2, 0) is 16.1 Å². The van der Waals surface area contributed by atoms with Crippen molar-refractivity contribution in [3.63, 3.8) is 0 Å². The first-order chi connectivity index (χ1) is 9.13. The Morgan fingerprint density at radius 3 is 3.05 bits per heavy atom. The van der Waals surface area contributed by atoms with Crippen LogP contribution in [0.3, 0.4) is 0 Å². The fourth-order valence-corrected chi connectivity index (χ4v) is 2.13. The molecule has 19 heavy (non-hydrogen) atoms. The summed E-state index contributed by atoms with van der Waals surface area (Å²) in [6.07, 6.45) is 0. The molecule has 0 saturated carbocycles. The van der Waals surface area contributed by atoms with Crippen molar-refractivity contribution in [2.24, 2.45) is 0 Å². The van der Waals surface area contributed by atoms with E-state index in [4.69, 9.17) is 14.6 Å². The average molecular weight is 267 g/mol. The third kappa shape index (κ3) is 2.97. The summed E-state index contributed by atoms with van der Waals surface area (Å²) < 4.78 is 10.2. The largest absolute Gasteiger partial charge is 0.504 e. The first-order valence-electron chi connectivity index (χ1n) is 6.03. The van der Waals surface area contributed by atoms with Gasteiger partial charge in [0.25, 0.3) is 0 Å². The fourth-order valence-electron chi connectivity index (χ4n) is 2.13. The number of phenols is 1. The highest BCUT2D eigenvalue weighted by Crippen LogP contribution is 2.30. The van der Waals surface area contributed by atoms with Crippen LogP contribution in [0, 0.1) is 0 Å². The SMILES string of the molecule is COc1cccc(CN2CCOCC2C(=O)O)c1O. The van der Waals surface area contributed by atoms with Crippen LogP contribution in [0.25, 0.3) is 0 Å². The summed E-state index contributed by atoms with van der Waals surface area (Å²) in [5.74, 6) is -0.472. The number of hydrogen-bond acceptors (Lipinski definition) is 5. The monoisotopic (exact) mass is 267 g/mol. The van der Waals surface area contributed by atoms with E-state index in [0.717, 1.165) is 0 Å². The third-order valence-electron chi connectivity index (χ3n) is 3.20. The maximum atomic E-state index is 11.2. The van der Waals surface area contributed by atoms with Gasteiger partial charge in [-0.3, -0.25) is 9.69 Å². The van der Waals surface area contributed by atoms with Gasteiger partial charge in [-0.1, -0.05) is 12.1 Å². The van der Waals surface area contributed by atoms with Crippen molar-refractivity contribution < 1.29 is 24.5 Å². The van der Waals surface area contributed by atoms with Gasteiger partial charge in [0, 0.05) is 18.7 Å². The first-order valence-corrected chi connectivity index (χ1v) is 6.03. The maximum Gasteiger partial charge on any atom is 0.323 e. The highest BCUT2D eigenvalue weighted by molar-refractivity contribution is 5.73. The van der Waals surface area contributed by atoms with E-state index in [1.807, 2.05) is 0 Å². The van der Waals surface area contributed by atoms with Crippen LogP contribution in [0.1, 0.15) is 5.56 Å². The van der Waals surface area contributed by atoms with Crippen LogP contribution >= 0.6 is 0 Å². The van der Waals surface area contributed by atoms with E-state index >= 15 is 0 Å². The quantitative estimate of drug-likeness (QED) is 0.835. The zero-order chi connectivity index (χ0) is 13.8. The Hall–Kier alpha value is -1.79. The molecule has 1 aromatic rings. The summed E-state index contributed by atoms with van der Waals surface area (Å²) in [5, 5.41) is 19.2. The van der Waals surface area contributed by atoms with E-state index < -0.39 is 12.0 Å². The Kier molecular flexibility index (Phi) is 4.24. The summed E-state index contributed by atoms with van der Waals surface area (Å²) in [5.41, 5.74) is 0.646. The number of hydrogen-bond donors (Lipinski definition) is 2. The minimum absolute atomic E-state index is 0.0561. The van der Waals surface area contributed by atoms with Gasteiger partial charge in [-0.15, -0.1) is 0 Å². The molecule has 104 valence electrons. The van der Waals surface area contributed by atoms with Gasteiger partial charge in [-0.05, 0) is 6.07 Å². The molecule has 0 aromatic heterocycles. The van der Waals surface area contributed by atoms with Crippen molar-refractivity contribution in [2.45, 2.75) is 12.6 Å². The number of methoxy groups -OCH3 is 1. The molecule has 1 fully saturated rings. The third-order valence-corrected chi connectivity index (χ3v) is 3.20. The molecule has 1 aliphatic heterocycles. The van der Waals surface area contributed by atoms with Gasteiger partial charge in [0.15, 0.2) is 11.5 Å². The van der Waals surface area contributed by atoms with Gasteiger partial charge in [0.05, 0.1) is 20.3 Å². The molecule has 1 aromatic carbocycles. The van der Waals surface area contributed by atoms with E-state index in [2.05, 4.69) is 0 Å². The van der Waals surface area contributed by atoms with E-state index in [-0.39, 0.29) is 12.4 Å². The van der Waals surface area contributed by atoms with Crippen LogP contribution < -0.4 is 4.74 Å². The number of carboxylic acids is 1. The zero-order valence-corrected chi connectivity index (χ0v) is 10.7. The van der Waals surface area contributed by atoms with Crippen LogP contribution in [0.2, 0.25) is 0 Å². The number of nitrogens with zero attached hydrogens (tertiary/aromatic N) is 1. The number of carboxylic acid groups (broad SMARTS) is 1. The number of aromatic hydroxyl groups is 1. The molecule has 1 atom stereocenters. The lowest BCUT2D eigenvalue weighted by Gasteiger charge is -2.32. The molecule has 0 radical (unpaired) electrons. The number of carbonyl (C=O) groups is 1. The van der Waals surface area contributed by atoms with Crippen molar-refractivity contribution in [1.82, 2.24) is 4.90 Å². The first kappa shape index (κ1) is 13.6. The Labute approximate surface area is 111 Å². The standard InChI is InChI=1S/C13H17NO5/c1-18-11-4-2-3-9(12(11)15)7-14-5-6-19-8-10(14)13(16)17/h2-4,10,15H,5-8H2,1H3,(H,16,17). The molecule has 1 unspecified atom stereocenters. The number of benzene rings is 1. The van der Waals surface area contributed by atoms with Crippen LogP contribution in [-0.4, -0.2) is 54.0 Å². The number of phenolic OH excluding ortho intramolecular Hbond substituents is 1. The lowest BCUT2D eigenvalue weighted by atomic mass is 10.1. The summed E-state index contributed by atoms with van der Waals surface area (Å²) in [6, 6.07) is 4.50. The molecule has 0 amide bonds. The van der Waals surface area contributed by atoms with Crippen LogP contribution in [0.4, 0.5) is 0 Å². The molecule has 0 bridgehead atoms. The van der Waals surface area contributed by atoms with Crippen LogP contribution in [0.5, 0.6) is 11.5 Å². The van der Waals surface area contributed by atoms with Crippen molar-refractivity contribution in [2.75, 3.05) is 26.9 Å². The highest BCUT2D eigenvalue weighted by Gasteiger charge is 2.29. The van der Waals surface area contributed by atoms with Crippen molar-refractivity contribution in [3.8, 4) is 11.5 Å². The van der Waals surface area contributed by atoms with Gasteiger partial charge >= 0.3 is 5.97 Å². The van der Waals surface area contributed by atoms with Crippen LogP contribution in [0.15, 0.2) is 18.2 Å². The van der Waals surface area contributed by atoms with Gasteiger partial charge in [0.1, 0.15) is 6.04 Å². The molecule has 1 aliphatic rings. The molecular formula is C13H17NO5. The molecule has 6 nitrogen and oxygen atoms in total. The second-order valence-corrected chi connectivity index (χ2v) is 4.37. The van der Waals surface area contributed by atoms with E-state index in [9.17, 15) is 9.90 Å². The number of rotatable bonds is 4. The Morgan fingerprint density at radius 1 is 1.58 bits per heavy atom. The summed E-state index contributed by atoms with van der Waals surface area (Å²) in [6.45, 7) is 1.53. The smallest absolute Gasteiger partial charge is 0.323 e. The predicted octanol–water partition coefficient (Wildman–Crippen LogP) is 0.686. The second-order valence-electron chi connectivity index (χ2n) is 4.37. The molecule has 0 aliphatic carbocycles. The maximum absolute atomic E-state index is 11.2. The van der Waals surface area contributed by atoms with Crippen molar-refractivity contribution >= 4 is 5.97 Å². The molecule has 1 heterocycles. The molecule has 2 N–H and O–H groups in total. The van der Waals surface area contributed by atoms with E-state index in [0.29, 0.717) is 31.0 Å². The predicted molar refractivity (Wildman–Crippen MR) is 67.3 cm³/mol. The Morgan fingerprint density at radius 2 is 2.37 bits per heavy atom. The van der Waals surface area contributed by atoms with Crippen molar-refractivity contribution in [3.05, 3.63) is 23.8 Å². The number of aliphatic carboxylic acids is 1. The number of morpholine rings is 1. The lowest BCUT2D eigenvalue weighted by molar-refractivity contribution is -0.150. The highest BCUT2D eigenvalue weighted by atomic mass is 16.5. The summed E-state index contributed by atoms with van der Waals surface area (Å²) in [7, 11) is 1.48. The molecule has 2 rings (SSSR count). The molecule has 1 saturated heterocycles. The zero-order valence-electron chi connectivity index (χ0n) is 10.7. The van der Waals surface area contributed by atoms with Crippen molar-refractivity contribution in [1.29, 1.82) is 0 Å². The van der Waals surface area contributed by atoms with Gasteiger partial charge in [0.2, 0.25) is 0 Å². The molecule has 0 spiro atoms. The minimum atomic E-state index is -0.915. The topological polar surface area (TPSA) is 79.2 Å². The molecule has 6 heteroatoms. The summed E-state index contributed by atoms with van der Waals surface area (Å²) >= 11 is 0. The van der Waals surface area contributed by atoms with Gasteiger partial charge < -0.3 is 19.7 Å². The Balaban J connectivity index is 2.17. The normalized spacial score (nSPS) is 20.2. The van der Waals surface area contributed by atoms with E-state index in [1.54, 1.807) is 23.1 Å². The molecular weight excluding hydrogens is 250 g/mol. The second kappa shape index (κ2) is 5.90. The van der Waals surface area contributed by atoms with E-state index in [1.165, 1.54) is 7.11 Å². The number of para-hydroxylation sites is 1. The van der Waals surface area contributed by atoms with Gasteiger partial charge in [-0.2, -0.15) is 0 Å². The van der Waals surface area contributed by atoms with Gasteiger partial charge in [-0.25, -0.2) is 0 Å². The lowest BCUT2D eigenvalue weighted by Crippen LogP contribution is -2.49.